The first kappa shape index (κ1) is 13.9. The van der Waals surface area contributed by atoms with Crippen molar-refractivity contribution in [2.45, 2.75) is 13.5 Å². The summed E-state index contributed by atoms with van der Waals surface area (Å²) in [5.74, 6) is 1.08. The molecule has 3 heterocycles. The molecule has 0 saturated carbocycles. The molecule has 0 atom stereocenters. The van der Waals surface area contributed by atoms with Crippen LogP contribution in [0.3, 0.4) is 0 Å². The van der Waals surface area contributed by atoms with E-state index in [0.717, 1.165) is 56.5 Å². The number of rotatable bonds is 4. The summed E-state index contributed by atoms with van der Waals surface area (Å²) in [6, 6.07) is 2.00. The fraction of sp³-hybridized carbons (Fsp3) is 0.467. The summed E-state index contributed by atoms with van der Waals surface area (Å²) >= 11 is 0. The lowest BCUT2D eigenvalue weighted by molar-refractivity contribution is 0.247. The van der Waals surface area contributed by atoms with Crippen LogP contribution >= 0.6 is 0 Å². The number of nitrogens with two attached hydrogens (primary N) is 1. The molecular formula is C15H22N6. The van der Waals surface area contributed by atoms with Crippen LogP contribution in [0.25, 0.3) is 0 Å². The molecule has 0 bridgehead atoms. The van der Waals surface area contributed by atoms with E-state index in [1.54, 1.807) is 12.4 Å². The SMILES string of the molecule is Cc1nccn1CCN1CCN(c2ccncc2N)CC1. The first-order chi connectivity index (χ1) is 10.2. The van der Waals surface area contributed by atoms with Crippen molar-refractivity contribution < 1.29 is 0 Å². The number of aromatic nitrogens is 3. The summed E-state index contributed by atoms with van der Waals surface area (Å²) in [7, 11) is 0. The van der Waals surface area contributed by atoms with Crippen LogP contribution < -0.4 is 10.6 Å². The van der Waals surface area contributed by atoms with Gasteiger partial charge in [-0.05, 0) is 13.0 Å². The van der Waals surface area contributed by atoms with Crippen LogP contribution in [0.1, 0.15) is 5.82 Å². The van der Waals surface area contributed by atoms with Crippen LogP contribution in [0, 0.1) is 6.92 Å². The zero-order chi connectivity index (χ0) is 14.7. The van der Waals surface area contributed by atoms with Crippen LogP contribution in [0.15, 0.2) is 30.9 Å². The number of hydrogen-bond donors (Lipinski definition) is 1. The van der Waals surface area contributed by atoms with Crippen molar-refractivity contribution in [3.63, 3.8) is 0 Å². The quantitative estimate of drug-likeness (QED) is 0.908. The molecule has 1 aliphatic heterocycles. The van der Waals surface area contributed by atoms with Gasteiger partial charge < -0.3 is 15.2 Å². The Labute approximate surface area is 125 Å². The standard InChI is InChI=1S/C15H22N6/c1-13-18-4-5-20(13)9-6-19-7-10-21(11-8-19)15-2-3-17-12-14(15)16/h2-5,12H,6-11,16H2,1H3. The van der Waals surface area contributed by atoms with Crippen LogP contribution in [-0.2, 0) is 6.54 Å². The zero-order valence-electron chi connectivity index (χ0n) is 12.4. The normalized spacial score (nSPS) is 16.3. The average Bonchev–Trinajstić information content (AvgIpc) is 2.92. The van der Waals surface area contributed by atoms with Crippen molar-refractivity contribution in [2.24, 2.45) is 0 Å². The molecule has 1 saturated heterocycles. The van der Waals surface area contributed by atoms with Gasteiger partial charge in [0.05, 0.1) is 17.6 Å². The lowest BCUT2D eigenvalue weighted by Crippen LogP contribution is -2.47. The molecule has 6 heteroatoms. The van der Waals surface area contributed by atoms with Gasteiger partial charge in [0.1, 0.15) is 5.82 Å². The molecule has 1 aliphatic rings. The Kier molecular flexibility index (Phi) is 4.06. The smallest absolute Gasteiger partial charge is 0.105 e. The van der Waals surface area contributed by atoms with Crippen molar-refractivity contribution in [3.05, 3.63) is 36.7 Å². The van der Waals surface area contributed by atoms with Crippen molar-refractivity contribution in [1.29, 1.82) is 0 Å². The Balaban J connectivity index is 1.51. The summed E-state index contributed by atoms with van der Waals surface area (Å²) < 4.78 is 2.20. The van der Waals surface area contributed by atoms with Crippen LogP contribution in [0.2, 0.25) is 0 Å². The summed E-state index contributed by atoms with van der Waals surface area (Å²) in [6.07, 6.45) is 7.44. The van der Waals surface area contributed by atoms with Crippen molar-refractivity contribution in [2.75, 3.05) is 43.4 Å². The summed E-state index contributed by atoms with van der Waals surface area (Å²) in [5.41, 5.74) is 7.87. The van der Waals surface area contributed by atoms with E-state index >= 15 is 0 Å². The second-order valence-electron chi connectivity index (χ2n) is 5.43. The molecule has 21 heavy (non-hydrogen) atoms. The van der Waals surface area contributed by atoms with Gasteiger partial charge in [-0.3, -0.25) is 9.88 Å². The fourth-order valence-electron chi connectivity index (χ4n) is 2.79. The van der Waals surface area contributed by atoms with Gasteiger partial charge in [0.15, 0.2) is 0 Å². The van der Waals surface area contributed by atoms with E-state index in [1.807, 2.05) is 25.4 Å². The maximum atomic E-state index is 6.00. The predicted octanol–water partition coefficient (Wildman–Crippen LogP) is 0.991. The molecule has 0 spiro atoms. The molecule has 0 aromatic carbocycles. The van der Waals surface area contributed by atoms with Crippen LogP contribution in [0.4, 0.5) is 11.4 Å². The Morgan fingerprint density at radius 1 is 1.14 bits per heavy atom. The second-order valence-corrected chi connectivity index (χ2v) is 5.43. The fourth-order valence-corrected chi connectivity index (χ4v) is 2.79. The highest BCUT2D eigenvalue weighted by molar-refractivity contribution is 5.66. The minimum absolute atomic E-state index is 0.764. The van der Waals surface area contributed by atoms with Gasteiger partial charge in [0.25, 0.3) is 0 Å². The molecule has 2 aromatic rings. The monoisotopic (exact) mass is 286 g/mol. The van der Waals surface area contributed by atoms with E-state index in [0.29, 0.717) is 0 Å². The molecular weight excluding hydrogens is 264 g/mol. The van der Waals surface area contributed by atoms with Gasteiger partial charge in [-0.1, -0.05) is 0 Å². The third-order valence-corrected chi connectivity index (χ3v) is 4.12. The molecule has 0 aliphatic carbocycles. The first-order valence-corrected chi connectivity index (χ1v) is 7.38. The summed E-state index contributed by atoms with van der Waals surface area (Å²) in [5, 5.41) is 0. The Morgan fingerprint density at radius 3 is 2.62 bits per heavy atom. The lowest BCUT2D eigenvalue weighted by Gasteiger charge is -2.36. The van der Waals surface area contributed by atoms with E-state index in [9.17, 15) is 0 Å². The van der Waals surface area contributed by atoms with Crippen LogP contribution in [-0.4, -0.2) is 52.2 Å². The molecule has 2 N–H and O–H groups in total. The third kappa shape index (κ3) is 3.16. The average molecular weight is 286 g/mol. The minimum atomic E-state index is 0.764. The van der Waals surface area contributed by atoms with E-state index in [2.05, 4.69) is 24.3 Å². The highest BCUT2D eigenvalue weighted by Gasteiger charge is 2.18. The topological polar surface area (TPSA) is 63.2 Å². The predicted molar refractivity (Wildman–Crippen MR) is 84.3 cm³/mol. The number of nitrogen functional groups attached to an aromatic ring is 1. The molecule has 6 nitrogen and oxygen atoms in total. The van der Waals surface area contributed by atoms with Gasteiger partial charge >= 0.3 is 0 Å². The number of aryl methyl sites for hydroxylation is 1. The highest BCUT2D eigenvalue weighted by atomic mass is 15.3. The number of hydrogen-bond acceptors (Lipinski definition) is 5. The first-order valence-electron chi connectivity index (χ1n) is 7.38. The Hall–Kier alpha value is -2.08. The second kappa shape index (κ2) is 6.13. The van der Waals surface area contributed by atoms with E-state index in [4.69, 9.17) is 5.73 Å². The molecule has 2 aromatic heterocycles. The van der Waals surface area contributed by atoms with Crippen LogP contribution in [0.5, 0.6) is 0 Å². The molecule has 3 rings (SSSR count). The molecule has 112 valence electrons. The Morgan fingerprint density at radius 2 is 1.95 bits per heavy atom. The van der Waals surface area contributed by atoms with Gasteiger partial charge in [-0.2, -0.15) is 0 Å². The minimum Gasteiger partial charge on any atom is -0.396 e. The van der Waals surface area contributed by atoms with Gasteiger partial charge in [-0.15, -0.1) is 0 Å². The van der Waals surface area contributed by atoms with Crippen molar-refractivity contribution in [3.8, 4) is 0 Å². The molecule has 1 fully saturated rings. The largest absolute Gasteiger partial charge is 0.396 e. The number of piperazine rings is 1. The highest BCUT2D eigenvalue weighted by Crippen LogP contribution is 2.22. The van der Waals surface area contributed by atoms with Gasteiger partial charge in [-0.25, -0.2) is 4.98 Å². The van der Waals surface area contributed by atoms with Gasteiger partial charge in [0, 0.05) is 57.9 Å². The summed E-state index contributed by atoms with van der Waals surface area (Å²) in [6.45, 7) is 8.27. The number of imidazole rings is 1. The van der Waals surface area contributed by atoms with Crippen molar-refractivity contribution >= 4 is 11.4 Å². The maximum Gasteiger partial charge on any atom is 0.105 e. The third-order valence-electron chi connectivity index (χ3n) is 4.12. The Bertz CT molecular complexity index is 585. The number of pyridine rings is 1. The molecule has 0 radical (unpaired) electrons. The van der Waals surface area contributed by atoms with Crippen molar-refractivity contribution in [1.82, 2.24) is 19.4 Å². The van der Waals surface area contributed by atoms with Gasteiger partial charge in [0.2, 0.25) is 0 Å². The zero-order valence-corrected chi connectivity index (χ0v) is 12.4. The molecule has 0 amide bonds. The van der Waals surface area contributed by atoms with E-state index < -0.39 is 0 Å². The number of nitrogens with zero attached hydrogens (tertiary/aromatic N) is 5. The summed E-state index contributed by atoms with van der Waals surface area (Å²) in [4.78, 5) is 13.1. The maximum absolute atomic E-state index is 6.00. The lowest BCUT2D eigenvalue weighted by atomic mass is 10.2. The van der Waals surface area contributed by atoms with E-state index in [1.165, 1.54) is 0 Å². The van der Waals surface area contributed by atoms with E-state index in [-0.39, 0.29) is 0 Å². The number of anilines is 2. The molecule has 0 unspecified atom stereocenters.